The van der Waals surface area contributed by atoms with Crippen molar-refractivity contribution in [1.29, 1.82) is 0 Å². The molecule has 3 aromatic rings. The average molecular weight is 408 g/mol. The minimum Gasteiger partial charge on any atom is -0.464 e. The molecule has 3 N–H and O–H groups in total. The third-order valence-corrected chi connectivity index (χ3v) is 5.25. The highest BCUT2D eigenvalue weighted by atomic mass is 19.1. The van der Waals surface area contributed by atoms with Gasteiger partial charge in [-0.25, -0.2) is 19.2 Å². The number of nitrogens with one attached hydrogen (secondary N) is 1. The first-order valence-electron chi connectivity index (χ1n) is 9.63. The number of amides is 1. The van der Waals surface area contributed by atoms with Gasteiger partial charge in [0.25, 0.3) is 0 Å². The predicted octanol–water partition coefficient (Wildman–Crippen LogP) is 3.52. The molecular formula is C22H21FN4O3. The number of aryl methyl sites for hydroxylation is 1. The number of nitrogens with zero attached hydrogens (tertiary/aromatic N) is 2. The van der Waals surface area contributed by atoms with Crippen LogP contribution in [-0.4, -0.2) is 35.1 Å². The Balaban J connectivity index is 1.72. The lowest BCUT2D eigenvalue weighted by Crippen LogP contribution is -2.15. The van der Waals surface area contributed by atoms with Crippen LogP contribution in [0.2, 0.25) is 0 Å². The summed E-state index contributed by atoms with van der Waals surface area (Å²) in [5.74, 6) is -1.11. The van der Waals surface area contributed by atoms with Crippen LogP contribution in [0.1, 0.15) is 29.4 Å². The molecule has 1 aliphatic rings. The van der Waals surface area contributed by atoms with Crippen molar-refractivity contribution in [2.75, 3.05) is 18.2 Å². The van der Waals surface area contributed by atoms with Gasteiger partial charge in [-0.2, -0.15) is 0 Å². The first-order chi connectivity index (χ1) is 14.4. The Bertz CT molecular complexity index is 1160. The number of anilines is 2. The number of aromatic nitrogens is 2. The second-order valence-electron chi connectivity index (χ2n) is 7.28. The van der Waals surface area contributed by atoms with E-state index < -0.39 is 18.1 Å². The molecule has 1 aromatic carbocycles. The standard InChI is InChI=1S/C22H21FN4O3/c1-3-11-6-19(22(29)30-2)25-9-15(11)12-4-13-7-20(26-10-16(13)18(24)5-12)27-21(28)14-8-17(14)23/h4-7,9-10,14,17H,3,8,24H2,1-2H3,(H,26,27,28)/t14-,17+/m1/s1. The van der Waals surface area contributed by atoms with E-state index in [1.807, 2.05) is 19.1 Å². The fourth-order valence-electron chi connectivity index (χ4n) is 3.43. The zero-order valence-corrected chi connectivity index (χ0v) is 16.6. The maximum atomic E-state index is 13.1. The molecular weight excluding hydrogens is 387 g/mol. The normalized spacial score (nSPS) is 17.6. The number of benzene rings is 1. The molecule has 0 spiro atoms. The molecule has 1 aliphatic carbocycles. The summed E-state index contributed by atoms with van der Waals surface area (Å²) in [5, 5.41) is 4.18. The maximum Gasteiger partial charge on any atom is 0.356 e. The van der Waals surface area contributed by atoms with E-state index in [1.165, 1.54) is 7.11 Å². The summed E-state index contributed by atoms with van der Waals surface area (Å²) in [7, 11) is 1.31. The number of carbonyl (C=O) groups is 2. The molecule has 8 heteroatoms. The number of fused-ring (bicyclic) bond motifs is 1. The fraction of sp³-hybridized carbons (Fsp3) is 0.273. The monoisotopic (exact) mass is 408 g/mol. The van der Waals surface area contributed by atoms with Crippen molar-refractivity contribution in [2.45, 2.75) is 25.9 Å². The number of esters is 1. The predicted molar refractivity (Wildman–Crippen MR) is 112 cm³/mol. The lowest BCUT2D eigenvalue weighted by Gasteiger charge is -2.12. The van der Waals surface area contributed by atoms with Gasteiger partial charge in [0.2, 0.25) is 5.91 Å². The number of halogens is 1. The minimum absolute atomic E-state index is 0.243. The molecule has 1 saturated carbocycles. The molecule has 2 heterocycles. The summed E-state index contributed by atoms with van der Waals surface area (Å²) >= 11 is 0. The zero-order valence-electron chi connectivity index (χ0n) is 16.6. The highest BCUT2D eigenvalue weighted by Gasteiger charge is 2.43. The van der Waals surface area contributed by atoms with Gasteiger partial charge < -0.3 is 15.8 Å². The van der Waals surface area contributed by atoms with Crippen LogP contribution in [0.15, 0.2) is 36.7 Å². The van der Waals surface area contributed by atoms with Crippen LogP contribution >= 0.6 is 0 Å². The maximum absolute atomic E-state index is 13.1. The van der Waals surface area contributed by atoms with E-state index in [4.69, 9.17) is 10.5 Å². The summed E-state index contributed by atoms with van der Waals surface area (Å²) in [6.07, 6.45) is 3.09. The van der Waals surface area contributed by atoms with Crippen LogP contribution in [0.5, 0.6) is 0 Å². The van der Waals surface area contributed by atoms with E-state index in [-0.39, 0.29) is 18.0 Å². The Morgan fingerprint density at radius 2 is 2.00 bits per heavy atom. The molecule has 2 atom stereocenters. The molecule has 0 radical (unpaired) electrons. The largest absolute Gasteiger partial charge is 0.464 e. The first-order valence-corrected chi connectivity index (χ1v) is 9.63. The van der Waals surface area contributed by atoms with E-state index >= 15 is 0 Å². The third kappa shape index (κ3) is 3.68. The van der Waals surface area contributed by atoms with Crippen molar-refractivity contribution in [3.05, 3.63) is 47.9 Å². The van der Waals surface area contributed by atoms with Crippen molar-refractivity contribution >= 4 is 34.2 Å². The molecule has 154 valence electrons. The molecule has 0 unspecified atom stereocenters. The van der Waals surface area contributed by atoms with Gasteiger partial charge in [-0.15, -0.1) is 0 Å². The van der Waals surface area contributed by atoms with Crippen molar-refractivity contribution in [2.24, 2.45) is 5.92 Å². The Labute approximate surface area is 172 Å². The molecule has 0 bridgehead atoms. The Kier molecular flexibility index (Phi) is 5.07. The van der Waals surface area contributed by atoms with Gasteiger partial charge in [0, 0.05) is 29.0 Å². The van der Waals surface area contributed by atoms with Crippen LogP contribution in [-0.2, 0) is 16.0 Å². The molecule has 0 saturated heterocycles. The average Bonchev–Trinajstić information content (AvgIpc) is 3.49. The van der Waals surface area contributed by atoms with Crippen molar-refractivity contribution < 1.29 is 18.7 Å². The van der Waals surface area contributed by atoms with Crippen LogP contribution in [0.25, 0.3) is 21.9 Å². The number of hydrogen-bond acceptors (Lipinski definition) is 6. The highest BCUT2D eigenvalue weighted by Crippen LogP contribution is 2.35. The minimum atomic E-state index is -1.07. The molecule has 30 heavy (non-hydrogen) atoms. The number of hydrogen-bond donors (Lipinski definition) is 2. The lowest BCUT2D eigenvalue weighted by atomic mass is 9.96. The first kappa shape index (κ1) is 19.8. The van der Waals surface area contributed by atoms with E-state index in [9.17, 15) is 14.0 Å². The molecule has 1 amide bonds. The van der Waals surface area contributed by atoms with Gasteiger partial charge in [-0.3, -0.25) is 4.79 Å². The quantitative estimate of drug-likeness (QED) is 0.494. The summed E-state index contributed by atoms with van der Waals surface area (Å²) in [4.78, 5) is 32.2. The van der Waals surface area contributed by atoms with Crippen molar-refractivity contribution in [1.82, 2.24) is 9.97 Å². The number of ether oxygens (including phenoxy) is 1. The van der Waals surface area contributed by atoms with E-state index in [0.717, 1.165) is 27.5 Å². The number of methoxy groups -OCH3 is 1. The van der Waals surface area contributed by atoms with Gasteiger partial charge in [-0.05, 0) is 53.6 Å². The van der Waals surface area contributed by atoms with Gasteiger partial charge in [-0.1, -0.05) is 6.92 Å². The van der Waals surface area contributed by atoms with Crippen LogP contribution < -0.4 is 11.1 Å². The molecule has 4 rings (SSSR count). The topological polar surface area (TPSA) is 107 Å². The molecule has 7 nitrogen and oxygen atoms in total. The summed E-state index contributed by atoms with van der Waals surface area (Å²) in [6.45, 7) is 1.98. The number of alkyl halides is 1. The van der Waals surface area contributed by atoms with Gasteiger partial charge in [0.05, 0.1) is 13.0 Å². The van der Waals surface area contributed by atoms with Crippen molar-refractivity contribution in [3.63, 3.8) is 0 Å². The number of nitrogens with two attached hydrogens (primary N) is 1. The zero-order chi connectivity index (χ0) is 21.4. The number of pyridine rings is 2. The second kappa shape index (κ2) is 7.70. The van der Waals surface area contributed by atoms with E-state index in [1.54, 1.807) is 24.5 Å². The van der Waals surface area contributed by atoms with Crippen LogP contribution in [0, 0.1) is 5.92 Å². The molecule has 2 aromatic heterocycles. The van der Waals surface area contributed by atoms with Crippen LogP contribution in [0.3, 0.4) is 0 Å². The summed E-state index contributed by atoms with van der Waals surface area (Å²) < 4.78 is 17.9. The smallest absolute Gasteiger partial charge is 0.356 e. The van der Waals surface area contributed by atoms with Gasteiger partial charge >= 0.3 is 5.97 Å². The second-order valence-corrected chi connectivity index (χ2v) is 7.28. The number of nitrogen functional groups attached to an aromatic ring is 1. The fourth-order valence-corrected chi connectivity index (χ4v) is 3.43. The third-order valence-electron chi connectivity index (χ3n) is 5.25. The molecule has 0 aliphatic heterocycles. The molecule has 1 fully saturated rings. The summed E-state index contributed by atoms with van der Waals surface area (Å²) in [6, 6.07) is 7.17. The Hall–Kier alpha value is -3.55. The van der Waals surface area contributed by atoms with E-state index in [0.29, 0.717) is 17.9 Å². The SMILES string of the molecule is CCc1cc(C(=O)OC)ncc1-c1cc(N)c2cnc(NC(=O)[C@@H]3C[C@@H]3F)cc2c1. The van der Waals surface area contributed by atoms with Crippen LogP contribution in [0.4, 0.5) is 15.9 Å². The van der Waals surface area contributed by atoms with Crippen molar-refractivity contribution in [3.8, 4) is 11.1 Å². The number of rotatable bonds is 5. The summed E-state index contributed by atoms with van der Waals surface area (Å²) in [5.41, 5.74) is 9.61. The van der Waals surface area contributed by atoms with Gasteiger partial charge in [0.1, 0.15) is 17.7 Å². The Morgan fingerprint density at radius 1 is 1.23 bits per heavy atom. The van der Waals surface area contributed by atoms with Gasteiger partial charge in [0.15, 0.2) is 0 Å². The lowest BCUT2D eigenvalue weighted by molar-refractivity contribution is -0.117. The Morgan fingerprint density at radius 3 is 2.67 bits per heavy atom. The van der Waals surface area contributed by atoms with E-state index in [2.05, 4.69) is 15.3 Å². The highest BCUT2D eigenvalue weighted by molar-refractivity contribution is 6.00. The number of carbonyl (C=O) groups excluding carboxylic acids is 2.